The van der Waals surface area contributed by atoms with E-state index in [9.17, 15) is 5.11 Å². The van der Waals surface area contributed by atoms with Crippen LogP contribution < -0.4 is 0 Å². The lowest BCUT2D eigenvalue weighted by molar-refractivity contribution is 0.0863. The van der Waals surface area contributed by atoms with Crippen molar-refractivity contribution in [3.63, 3.8) is 0 Å². The number of rotatable bonds is 2. The third kappa shape index (κ3) is 0.871. The van der Waals surface area contributed by atoms with Gasteiger partial charge in [0, 0.05) is 10.8 Å². The second kappa shape index (κ2) is 2.98. The normalized spacial score (nSPS) is 35.1. The first-order valence-corrected chi connectivity index (χ1v) is 6.09. The molecule has 2 aliphatic carbocycles. The van der Waals surface area contributed by atoms with Gasteiger partial charge in [0.25, 0.3) is 0 Å². The van der Waals surface area contributed by atoms with Crippen LogP contribution in [0.25, 0.3) is 0 Å². The summed E-state index contributed by atoms with van der Waals surface area (Å²) >= 11 is 0. The average molecular weight is 214 g/mol. The van der Waals surface area contributed by atoms with Crippen LogP contribution in [0.5, 0.6) is 0 Å². The van der Waals surface area contributed by atoms with Crippen LogP contribution in [0.1, 0.15) is 31.4 Å². The topological polar surface area (TPSA) is 20.2 Å². The maximum Gasteiger partial charge on any atom is 0.0539 e. The van der Waals surface area contributed by atoms with Crippen molar-refractivity contribution in [3.8, 4) is 0 Å². The number of benzene rings is 1. The Morgan fingerprint density at radius 3 is 2.75 bits per heavy atom. The molecular formula is C15H18O. The van der Waals surface area contributed by atoms with Gasteiger partial charge in [-0.2, -0.15) is 0 Å². The summed E-state index contributed by atoms with van der Waals surface area (Å²) in [5.41, 5.74) is 4.35. The largest absolute Gasteiger partial charge is 0.395 e. The van der Waals surface area contributed by atoms with Gasteiger partial charge in [-0.05, 0) is 24.0 Å². The van der Waals surface area contributed by atoms with Gasteiger partial charge in [-0.1, -0.05) is 49.8 Å². The highest BCUT2D eigenvalue weighted by Gasteiger charge is 2.60. The first kappa shape index (κ1) is 10.1. The molecule has 1 nitrogen and oxygen atoms in total. The fourth-order valence-corrected chi connectivity index (χ4v) is 3.78. The third-order valence-electron chi connectivity index (χ3n) is 4.79. The Bertz CT molecular complexity index is 474. The Morgan fingerprint density at radius 1 is 1.31 bits per heavy atom. The van der Waals surface area contributed by atoms with E-state index in [4.69, 9.17) is 0 Å². The smallest absolute Gasteiger partial charge is 0.0539 e. The van der Waals surface area contributed by atoms with Gasteiger partial charge in [-0.15, -0.1) is 0 Å². The maximum atomic E-state index is 9.85. The number of aliphatic hydroxyl groups excluding tert-OH is 1. The zero-order valence-electron chi connectivity index (χ0n) is 9.96. The van der Waals surface area contributed by atoms with Crippen LogP contribution in [0.4, 0.5) is 0 Å². The van der Waals surface area contributed by atoms with E-state index >= 15 is 0 Å². The molecule has 84 valence electrons. The molecule has 0 saturated carbocycles. The minimum atomic E-state index is 0.00539. The predicted molar refractivity (Wildman–Crippen MR) is 65.4 cm³/mol. The zero-order valence-corrected chi connectivity index (χ0v) is 9.96. The van der Waals surface area contributed by atoms with E-state index < -0.39 is 0 Å². The monoisotopic (exact) mass is 214 g/mol. The lowest BCUT2D eigenvalue weighted by atomic mass is 9.52. The molecule has 1 aromatic carbocycles. The van der Waals surface area contributed by atoms with Crippen molar-refractivity contribution >= 4 is 0 Å². The fraction of sp³-hybridized carbons (Fsp3) is 0.467. The summed E-state index contributed by atoms with van der Waals surface area (Å²) in [6.07, 6.45) is 4.44. The molecule has 0 fully saturated rings. The van der Waals surface area contributed by atoms with Gasteiger partial charge in [0.15, 0.2) is 0 Å². The molecule has 1 aromatic rings. The second-order valence-electron chi connectivity index (χ2n) is 5.30. The summed E-state index contributed by atoms with van der Waals surface area (Å²) in [6, 6.07) is 8.63. The lowest BCUT2D eigenvalue weighted by Gasteiger charge is -2.52. The van der Waals surface area contributed by atoms with Gasteiger partial charge in [0.1, 0.15) is 0 Å². The molecule has 0 bridgehead atoms. The molecule has 1 N–H and O–H groups in total. The van der Waals surface area contributed by atoms with Gasteiger partial charge in [-0.25, -0.2) is 0 Å². The van der Waals surface area contributed by atoms with E-state index in [1.807, 2.05) is 0 Å². The van der Waals surface area contributed by atoms with Gasteiger partial charge in [0.2, 0.25) is 0 Å². The molecule has 1 heteroatoms. The third-order valence-corrected chi connectivity index (χ3v) is 4.79. The van der Waals surface area contributed by atoms with Crippen molar-refractivity contribution in [1.29, 1.82) is 0 Å². The number of hydrogen-bond acceptors (Lipinski definition) is 1. The average Bonchev–Trinajstić information content (AvgIpc) is 2.50. The summed E-state index contributed by atoms with van der Waals surface area (Å²) < 4.78 is 0. The Kier molecular flexibility index (Phi) is 1.88. The highest BCUT2D eigenvalue weighted by molar-refractivity contribution is 5.57. The second-order valence-corrected chi connectivity index (χ2v) is 5.30. The molecule has 0 unspecified atom stereocenters. The van der Waals surface area contributed by atoms with E-state index in [2.05, 4.69) is 44.2 Å². The van der Waals surface area contributed by atoms with Crippen LogP contribution >= 0.6 is 0 Å². The summed E-state index contributed by atoms with van der Waals surface area (Å²) in [7, 11) is 0. The minimum Gasteiger partial charge on any atom is -0.395 e. The molecule has 2 atom stereocenters. The predicted octanol–water partition coefficient (Wildman–Crippen LogP) is 2.83. The molecule has 0 amide bonds. The van der Waals surface area contributed by atoms with Crippen LogP contribution in [-0.2, 0) is 11.8 Å². The van der Waals surface area contributed by atoms with E-state index in [1.54, 1.807) is 0 Å². The first-order chi connectivity index (χ1) is 7.68. The van der Waals surface area contributed by atoms with Crippen molar-refractivity contribution in [2.75, 3.05) is 6.61 Å². The molecule has 0 radical (unpaired) electrons. The SMILES string of the molecule is CCC1=C[C@]2(C)c3ccccc3C[C@]12CO. The van der Waals surface area contributed by atoms with E-state index in [0.29, 0.717) is 0 Å². The lowest BCUT2D eigenvalue weighted by Crippen LogP contribution is -2.51. The molecule has 0 aromatic heterocycles. The molecule has 0 aliphatic heterocycles. The first-order valence-electron chi connectivity index (χ1n) is 6.09. The van der Waals surface area contributed by atoms with Crippen LogP contribution in [0.2, 0.25) is 0 Å². The van der Waals surface area contributed by atoms with Gasteiger partial charge < -0.3 is 5.11 Å². The van der Waals surface area contributed by atoms with E-state index in [-0.39, 0.29) is 17.4 Å². The number of aliphatic hydroxyl groups is 1. The van der Waals surface area contributed by atoms with Crippen molar-refractivity contribution in [1.82, 2.24) is 0 Å². The van der Waals surface area contributed by atoms with Crippen LogP contribution in [-0.4, -0.2) is 11.7 Å². The standard InChI is InChI=1S/C15H18O/c1-3-12-9-14(2)13-7-5-4-6-11(13)8-15(12,14)10-16/h4-7,9,16H,3,8,10H2,1-2H3/t14-,15+/m1/s1. The Labute approximate surface area is 96.8 Å². The van der Waals surface area contributed by atoms with Crippen LogP contribution in [0.15, 0.2) is 35.9 Å². The molecule has 0 heterocycles. The van der Waals surface area contributed by atoms with Gasteiger partial charge in [-0.3, -0.25) is 0 Å². The van der Waals surface area contributed by atoms with Crippen LogP contribution in [0.3, 0.4) is 0 Å². The van der Waals surface area contributed by atoms with Crippen molar-refractivity contribution in [2.45, 2.75) is 32.1 Å². The maximum absolute atomic E-state index is 9.85. The number of hydrogen-bond donors (Lipinski definition) is 1. The Hall–Kier alpha value is -1.08. The molecule has 0 saturated heterocycles. The molecule has 2 aliphatic rings. The Morgan fingerprint density at radius 2 is 2.06 bits per heavy atom. The Balaban J connectivity index is 2.18. The van der Waals surface area contributed by atoms with Crippen molar-refractivity contribution in [2.24, 2.45) is 5.41 Å². The van der Waals surface area contributed by atoms with Crippen molar-refractivity contribution < 1.29 is 5.11 Å². The molecule has 0 spiro atoms. The van der Waals surface area contributed by atoms with E-state index in [0.717, 1.165) is 12.8 Å². The zero-order chi connectivity index (χ0) is 11.4. The van der Waals surface area contributed by atoms with Crippen LogP contribution in [0, 0.1) is 5.41 Å². The minimum absolute atomic E-state index is 0.00539. The van der Waals surface area contributed by atoms with Crippen molar-refractivity contribution in [3.05, 3.63) is 47.0 Å². The quantitative estimate of drug-likeness (QED) is 0.751. The summed E-state index contributed by atoms with van der Waals surface area (Å²) in [5.74, 6) is 0. The molecule has 3 rings (SSSR count). The number of allylic oxidation sites excluding steroid dienone is 1. The summed E-state index contributed by atoms with van der Waals surface area (Å²) in [5, 5.41) is 9.85. The van der Waals surface area contributed by atoms with Gasteiger partial charge >= 0.3 is 0 Å². The highest BCUT2D eigenvalue weighted by Crippen LogP contribution is 2.63. The van der Waals surface area contributed by atoms with E-state index in [1.165, 1.54) is 16.7 Å². The molecule has 16 heavy (non-hydrogen) atoms. The van der Waals surface area contributed by atoms with Gasteiger partial charge in [0.05, 0.1) is 6.61 Å². The number of fused-ring (bicyclic) bond motifs is 3. The summed E-state index contributed by atoms with van der Waals surface area (Å²) in [4.78, 5) is 0. The highest BCUT2D eigenvalue weighted by atomic mass is 16.3. The molecular weight excluding hydrogens is 196 g/mol. The summed E-state index contributed by atoms with van der Waals surface area (Å²) in [6.45, 7) is 4.73. The fourth-order valence-electron chi connectivity index (χ4n) is 3.78.